The van der Waals surface area contributed by atoms with Gasteiger partial charge >= 0.3 is 0 Å². The van der Waals surface area contributed by atoms with Crippen molar-refractivity contribution in [3.8, 4) is 28.5 Å². The van der Waals surface area contributed by atoms with Crippen molar-refractivity contribution >= 4 is 5.91 Å². The number of H-pyrrole nitrogens is 1. The Morgan fingerprint density at radius 3 is 2.73 bits per heavy atom. The third-order valence-corrected chi connectivity index (χ3v) is 5.99. The lowest BCUT2D eigenvalue weighted by Gasteiger charge is -2.26. The summed E-state index contributed by atoms with van der Waals surface area (Å²) in [4.78, 5) is 15.1. The maximum atomic E-state index is 13.5. The Morgan fingerprint density at radius 1 is 1.18 bits per heavy atom. The number of phenols is 2. The Labute approximate surface area is 190 Å². The number of furan rings is 1. The lowest BCUT2D eigenvalue weighted by Crippen LogP contribution is -2.29. The molecule has 0 spiro atoms. The van der Waals surface area contributed by atoms with Crippen molar-refractivity contribution in [2.24, 2.45) is 0 Å². The van der Waals surface area contributed by atoms with Gasteiger partial charge < -0.3 is 24.3 Å². The first-order valence-corrected chi connectivity index (χ1v) is 10.5. The number of nitrogens with zero attached hydrogens (tertiary/aromatic N) is 2. The number of phenolic OH excluding ortho intramolecular Hbond substituents is 2. The Balaban J connectivity index is 1.72. The Kier molecular flexibility index (Phi) is 4.85. The quantitative estimate of drug-likeness (QED) is 0.418. The lowest BCUT2D eigenvalue weighted by atomic mass is 9.94. The van der Waals surface area contributed by atoms with E-state index in [4.69, 9.17) is 9.15 Å². The molecule has 0 saturated heterocycles. The van der Waals surface area contributed by atoms with Gasteiger partial charge in [-0.2, -0.15) is 5.10 Å². The molecule has 0 radical (unpaired) electrons. The molecule has 0 fully saturated rings. The zero-order chi connectivity index (χ0) is 23.3. The minimum absolute atomic E-state index is 0.00255. The zero-order valence-electron chi connectivity index (χ0n) is 18.4. The molecule has 2 aromatic carbocycles. The number of carbonyl (C=O) groups excluding carboxylic acids is 1. The molecule has 1 atom stereocenters. The fourth-order valence-electron chi connectivity index (χ4n) is 4.49. The van der Waals surface area contributed by atoms with E-state index in [0.717, 1.165) is 16.7 Å². The summed E-state index contributed by atoms with van der Waals surface area (Å²) < 4.78 is 10.8. The molecule has 8 heteroatoms. The number of aromatic hydroxyl groups is 2. The summed E-state index contributed by atoms with van der Waals surface area (Å²) in [6.07, 6.45) is 1.56. The Hall–Kier alpha value is -4.20. The van der Waals surface area contributed by atoms with E-state index in [2.05, 4.69) is 10.2 Å². The highest BCUT2D eigenvalue weighted by Crippen LogP contribution is 2.46. The number of nitrogens with one attached hydrogen (secondary N) is 1. The number of carbonyl (C=O) groups is 1. The fraction of sp³-hybridized carbons (Fsp3) is 0.200. The Bertz CT molecular complexity index is 1360. The first-order valence-electron chi connectivity index (χ1n) is 10.5. The summed E-state index contributed by atoms with van der Waals surface area (Å²) in [7, 11) is 1.47. The van der Waals surface area contributed by atoms with Crippen LogP contribution in [0, 0.1) is 13.8 Å². The van der Waals surface area contributed by atoms with Crippen LogP contribution in [0.25, 0.3) is 11.3 Å². The molecule has 3 heterocycles. The predicted octanol–water partition coefficient (Wildman–Crippen LogP) is 4.45. The van der Waals surface area contributed by atoms with E-state index < -0.39 is 6.04 Å². The van der Waals surface area contributed by atoms with Gasteiger partial charge in [0.05, 0.1) is 26.0 Å². The molecule has 0 aliphatic carbocycles. The largest absolute Gasteiger partial charge is 0.507 e. The summed E-state index contributed by atoms with van der Waals surface area (Å²) >= 11 is 0. The average Bonchev–Trinajstić information content (AvgIpc) is 3.51. The summed E-state index contributed by atoms with van der Waals surface area (Å²) in [6.45, 7) is 4.01. The molecule has 0 bridgehead atoms. The van der Waals surface area contributed by atoms with Gasteiger partial charge in [-0.1, -0.05) is 12.1 Å². The van der Waals surface area contributed by atoms with Gasteiger partial charge in [0.1, 0.15) is 22.9 Å². The van der Waals surface area contributed by atoms with E-state index in [9.17, 15) is 15.0 Å². The second kappa shape index (κ2) is 7.74. The number of rotatable bonds is 5. The van der Waals surface area contributed by atoms with Crippen LogP contribution in [0.2, 0.25) is 0 Å². The normalized spacial score (nSPS) is 15.2. The van der Waals surface area contributed by atoms with Gasteiger partial charge in [-0.15, -0.1) is 0 Å². The van der Waals surface area contributed by atoms with Crippen molar-refractivity contribution in [3.63, 3.8) is 0 Å². The van der Waals surface area contributed by atoms with E-state index in [-0.39, 0.29) is 24.0 Å². The van der Waals surface area contributed by atoms with Gasteiger partial charge in [0.15, 0.2) is 11.5 Å². The van der Waals surface area contributed by atoms with Crippen LogP contribution in [-0.2, 0) is 6.54 Å². The molecule has 168 valence electrons. The van der Waals surface area contributed by atoms with Crippen molar-refractivity contribution in [3.05, 3.63) is 82.4 Å². The van der Waals surface area contributed by atoms with Crippen molar-refractivity contribution in [1.82, 2.24) is 15.1 Å². The van der Waals surface area contributed by atoms with Crippen molar-refractivity contribution in [1.29, 1.82) is 0 Å². The molecule has 1 amide bonds. The molecule has 1 unspecified atom stereocenters. The molecule has 1 aliphatic heterocycles. The Morgan fingerprint density at radius 2 is 2.00 bits per heavy atom. The number of methoxy groups -OCH3 is 1. The van der Waals surface area contributed by atoms with Crippen LogP contribution >= 0.6 is 0 Å². The summed E-state index contributed by atoms with van der Waals surface area (Å²) in [5.74, 6) is 0.816. The van der Waals surface area contributed by atoms with Crippen molar-refractivity contribution < 1.29 is 24.2 Å². The number of hydrogen-bond acceptors (Lipinski definition) is 6. The van der Waals surface area contributed by atoms with E-state index in [1.165, 1.54) is 13.2 Å². The van der Waals surface area contributed by atoms with Crippen LogP contribution in [0.15, 0.2) is 53.1 Å². The molecule has 5 rings (SSSR count). The van der Waals surface area contributed by atoms with Crippen molar-refractivity contribution in [2.75, 3.05) is 7.11 Å². The maximum absolute atomic E-state index is 13.5. The number of aryl methyl sites for hydroxylation is 2. The van der Waals surface area contributed by atoms with Gasteiger partial charge in [0.25, 0.3) is 5.91 Å². The molecular formula is C25H23N3O5. The zero-order valence-corrected chi connectivity index (χ0v) is 18.4. The number of ether oxygens (including phenoxy) is 1. The summed E-state index contributed by atoms with van der Waals surface area (Å²) in [5.41, 5.74) is 4.48. The number of aromatic nitrogens is 2. The smallest absolute Gasteiger partial charge is 0.273 e. The topological polar surface area (TPSA) is 112 Å². The van der Waals surface area contributed by atoms with E-state index in [0.29, 0.717) is 34.0 Å². The van der Waals surface area contributed by atoms with E-state index in [1.807, 2.05) is 32.0 Å². The number of fused-ring (bicyclic) bond motifs is 1. The van der Waals surface area contributed by atoms with Gasteiger partial charge in [-0.05, 0) is 60.9 Å². The third-order valence-electron chi connectivity index (χ3n) is 5.99. The van der Waals surface area contributed by atoms with Crippen LogP contribution < -0.4 is 4.74 Å². The molecule has 4 aromatic rings. The first-order chi connectivity index (χ1) is 15.9. The van der Waals surface area contributed by atoms with Crippen LogP contribution in [0.3, 0.4) is 0 Å². The number of aromatic amines is 1. The number of hydrogen-bond donors (Lipinski definition) is 3. The highest BCUT2D eigenvalue weighted by Gasteiger charge is 2.43. The van der Waals surface area contributed by atoms with Gasteiger partial charge in [0.2, 0.25) is 0 Å². The SMILES string of the molecule is COc1cc(C2c3c(-c4cc(C)cc(C)c4O)n[nH]c3C(=O)N2Cc2ccco2)ccc1O. The molecule has 0 saturated carbocycles. The van der Waals surface area contributed by atoms with Gasteiger partial charge in [-0.3, -0.25) is 9.89 Å². The van der Waals surface area contributed by atoms with E-state index >= 15 is 0 Å². The van der Waals surface area contributed by atoms with Crippen LogP contribution in [0.1, 0.15) is 44.5 Å². The second-order valence-corrected chi connectivity index (χ2v) is 8.19. The lowest BCUT2D eigenvalue weighted by molar-refractivity contribution is 0.0717. The van der Waals surface area contributed by atoms with Crippen LogP contribution in [0.4, 0.5) is 0 Å². The van der Waals surface area contributed by atoms with Crippen LogP contribution in [0.5, 0.6) is 17.2 Å². The van der Waals surface area contributed by atoms with Gasteiger partial charge in [0, 0.05) is 11.1 Å². The molecule has 8 nitrogen and oxygen atoms in total. The van der Waals surface area contributed by atoms with Crippen LogP contribution in [-0.4, -0.2) is 38.3 Å². The highest BCUT2D eigenvalue weighted by molar-refractivity contribution is 6.00. The van der Waals surface area contributed by atoms with Gasteiger partial charge in [-0.25, -0.2) is 0 Å². The highest BCUT2D eigenvalue weighted by atomic mass is 16.5. The minimum Gasteiger partial charge on any atom is -0.507 e. The number of amides is 1. The number of benzene rings is 2. The van der Waals surface area contributed by atoms with Crippen molar-refractivity contribution in [2.45, 2.75) is 26.4 Å². The molecule has 2 aromatic heterocycles. The third kappa shape index (κ3) is 3.31. The second-order valence-electron chi connectivity index (χ2n) is 8.19. The molecule has 33 heavy (non-hydrogen) atoms. The maximum Gasteiger partial charge on any atom is 0.273 e. The molecule has 1 aliphatic rings. The predicted molar refractivity (Wildman–Crippen MR) is 120 cm³/mol. The summed E-state index contributed by atoms with van der Waals surface area (Å²) in [5, 5.41) is 28.3. The first kappa shape index (κ1) is 20.7. The standard InChI is InChI=1S/C25H23N3O5/c1-13-9-14(2)24(30)17(10-13)21-20-22(27-26-21)25(31)28(12-16-5-4-8-33-16)23(20)15-6-7-18(29)19(11-15)32-3/h4-11,23,29-30H,12H2,1-3H3,(H,26,27). The summed E-state index contributed by atoms with van der Waals surface area (Å²) in [6, 6.07) is 11.8. The molecular weight excluding hydrogens is 422 g/mol. The monoisotopic (exact) mass is 445 g/mol. The fourth-order valence-corrected chi connectivity index (χ4v) is 4.49. The molecule has 3 N–H and O–H groups in total. The average molecular weight is 445 g/mol. The van der Waals surface area contributed by atoms with E-state index in [1.54, 1.807) is 29.4 Å². The minimum atomic E-state index is -0.541.